The molecular formula is C19H16N2O. The van der Waals surface area contributed by atoms with E-state index in [1.165, 1.54) is 0 Å². The minimum atomic E-state index is -0.320. The van der Waals surface area contributed by atoms with Crippen LogP contribution in [0.25, 0.3) is 22.3 Å². The number of carbonyl (C=O) groups is 1. The fourth-order valence-electron chi connectivity index (χ4n) is 2.52. The molecule has 0 aliphatic heterocycles. The Morgan fingerprint density at radius 2 is 1.59 bits per heavy atom. The van der Waals surface area contributed by atoms with Gasteiger partial charge in [-0.15, -0.1) is 0 Å². The van der Waals surface area contributed by atoms with Crippen molar-refractivity contribution < 1.29 is 4.79 Å². The Bertz CT molecular complexity index is 780. The van der Waals surface area contributed by atoms with Crippen molar-refractivity contribution in [2.45, 2.75) is 6.42 Å². The van der Waals surface area contributed by atoms with Crippen LogP contribution in [-0.4, -0.2) is 10.9 Å². The van der Waals surface area contributed by atoms with Crippen LogP contribution in [0, 0.1) is 0 Å². The second-order valence-corrected chi connectivity index (χ2v) is 5.12. The van der Waals surface area contributed by atoms with Crippen LogP contribution in [0.5, 0.6) is 0 Å². The summed E-state index contributed by atoms with van der Waals surface area (Å²) in [5.74, 6) is -0.320. The summed E-state index contributed by atoms with van der Waals surface area (Å²) >= 11 is 0. The average molecular weight is 288 g/mol. The molecule has 1 amide bonds. The van der Waals surface area contributed by atoms with Crippen LogP contribution in [-0.2, 0) is 11.2 Å². The number of hydrogen-bond acceptors (Lipinski definition) is 2. The number of aromatic nitrogens is 1. The zero-order valence-corrected chi connectivity index (χ0v) is 12.1. The van der Waals surface area contributed by atoms with E-state index in [1.807, 2.05) is 42.6 Å². The number of pyridine rings is 1. The van der Waals surface area contributed by atoms with E-state index in [9.17, 15) is 4.79 Å². The zero-order chi connectivity index (χ0) is 15.4. The van der Waals surface area contributed by atoms with E-state index in [-0.39, 0.29) is 12.3 Å². The molecule has 1 aromatic heterocycles. The van der Waals surface area contributed by atoms with Crippen LogP contribution < -0.4 is 5.73 Å². The highest BCUT2D eigenvalue weighted by atomic mass is 16.1. The first-order valence-corrected chi connectivity index (χ1v) is 7.11. The molecular weight excluding hydrogens is 272 g/mol. The number of hydrogen-bond donors (Lipinski definition) is 1. The minimum absolute atomic E-state index is 0.251. The standard InChI is InChI=1S/C19H16N2O/c20-19(22)12-16-4-1-2-6-18(16)15-9-7-14(8-10-15)17-5-3-11-21-13-17/h1-11,13H,12H2,(H2,20,22). The first-order valence-electron chi connectivity index (χ1n) is 7.11. The Morgan fingerprint density at radius 3 is 2.27 bits per heavy atom. The molecule has 3 nitrogen and oxygen atoms in total. The lowest BCUT2D eigenvalue weighted by Gasteiger charge is -2.09. The summed E-state index contributed by atoms with van der Waals surface area (Å²) < 4.78 is 0. The van der Waals surface area contributed by atoms with Gasteiger partial charge in [-0.05, 0) is 33.9 Å². The van der Waals surface area contributed by atoms with Gasteiger partial charge in [0.2, 0.25) is 5.91 Å². The van der Waals surface area contributed by atoms with Gasteiger partial charge in [0, 0.05) is 12.4 Å². The molecule has 108 valence electrons. The van der Waals surface area contributed by atoms with Crippen molar-refractivity contribution >= 4 is 5.91 Å². The number of benzene rings is 2. The lowest BCUT2D eigenvalue weighted by Crippen LogP contribution is -2.14. The topological polar surface area (TPSA) is 56.0 Å². The Kier molecular flexibility index (Phi) is 3.97. The summed E-state index contributed by atoms with van der Waals surface area (Å²) in [6, 6.07) is 20.0. The maximum absolute atomic E-state index is 11.2. The van der Waals surface area contributed by atoms with Gasteiger partial charge in [0.05, 0.1) is 6.42 Å². The van der Waals surface area contributed by atoms with Crippen LogP contribution in [0.15, 0.2) is 73.1 Å². The van der Waals surface area contributed by atoms with E-state index >= 15 is 0 Å². The summed E-state index contributed by atoms with van der Waals surface area (Å²) in [6.45, 7) is 0. The molecule has 0 unspecified atom stereocenters. The molecule has 0 spiro atoms. The lowest BCUT2D eigenvalue weighted by atomic mass is 9.96. The smallest absolute Gasteiger partial charge is 0.221 e. The number of nitrogens with two attached hydrogens (primary N) is 1. The first kappa shape index (κ1) is 14.0. The summed E-state index contributed by atoms with van der Waals surface area (Å²) in [5.41, 5.74) is 10.6. The summed E-state index contributed by atoms with van der Waals surface area (Å²) in [4.78, 5) is 15.3. The van der Waals surface area contributed by atoms with Crippen molar-refractivity contribution in [1.29, 1.82) is 0 Å². The van der Waals surface area contributed by atoms with Gasteiger partial charge in [0.1, 0.15) is 0 Å². The number of carbonyl (C=O) groups excluding carboxylic acids is 1. The van der Waals surface area contributed by atoms with E-state index in [0.717, 1.165) is 27.8 Å². The van der Waals surface area contributed by atoms with Gasteiger partial charge in [0.15, 0.2) is 0 Å². The molecule has 0 radical (unpaired) electrons. The van der Waals surface area contributed by atoms with Crippen LogP contribution in [0.2, 0.25) is 0 Å². The van der Waals surface area contributed by atoms with E-state index in [1.54, 1.807) is 6.20 Å². The van der Waals surface area contributed by atoms with Crippen LogP contribution in [0.4, 0.5) is 0 Å². The van der Waals surface area contributed by atoms with Gasteiger partial charge in [-0.1, -0.05) is 54.6 Å². The molecule has 0 aliphatic carbocycles. The highest BCUT2D eigenvalue weighted by Crippen LogP contribution is 2.27. The lowest BCUT2D eigenvalue weighted by molar-refractivity contribution is -0.117. The van der Waals surface area contributed by atoms with E-state index < -0.39 is 0 Å². The number of primary amides is 1. The molecule has 22 heavy (non-hydrogen) atoms. The maximum Gasteiger partial charge on any atom is 0.221 e. The maximum atomic E-state index is 11.2. The molecule has 0 atom stereocenters. The molecule has 2 aromatic carbocycles. The molecule has 3 rings (SSSR count). The Labute approximate surface area is 129 Å². The number of nitrogens with zero attached hydrogens (tertiary/aromatic N) is 1. The van der Waals surface area contributed by atoms with Gasteiger partial charge >= 0.3 is 0 Å². The Hall–Kier alpha value is -2.94. The predicted molar refractivity (Wildman–Crippen MR) is 88.0 cm³/mol. The largest absolute Gasteiger partial charge is 0.369 e. The molecule has 0 saturated heterocycles. The van der Waals surface area contributed by atoms with Crippen molar-refractivity contribution in [3.63, 3.8) is 0 Å². The quantitative estimate of drug-likeness (QED) is 0.799. The first-order chi connectivity index (χ1) is 10.7. The number of amides is 1. The normalized spacial score (nSPS) is 10.4. The van der Waals surface area contributed by atoms with Crippen molar-refractivity contribution in [2.24, 2.45) is 5.73 Å². The van der Waals surface area contributed by atoms with Crippen LogP contribution in [0.3, 0.4) is 0 Å². The Morgan fingerprint density at radius 1 is 0.864 bits per heavy atom. The van der Waals surface area contributed by atoms with Gasteiger partial charge in [-0.2, -0.15) is 0 Å². The predicted octanol–water partition coefficient (Wildman–Crippen LogP) is 3.44. The summed E-state index contributed by atoms with van der Waals surface area (Å²) in [7, 11) is 0. The van der Waals surface area contributed by atoms with Crippen molar-refractivity contribution in [1.82, 2.24) is 4.98 Å². The SMILES string of the molecule is NC(=O)Cc1ccccc1-c1ccc(-c2cccnc2)cc1. The Balaban J connectivity index is 1.95. The average Bonchev–Trinajstić information content (AvgIpc) is 2.56. The third-order valence-electron chi connectivity index (χ3n) is 3.57. The highest BCUT2D eigenvalue weighted by Gasteiger charge is 2.07. The third-order valence-corrected chi connectivity index (χ3v) is 3.57. The molecule has 2 N–H and O–H groups in total. The molecule has 0 aliphatic rings. The molecule has 0 bridgehead atoms. The van der Waals surface area contributed by atoms with Gasteiger partial charge in [0.25, 0.3) is 0 Å². The second-order valence-electron chi connectivity index (χ2n) is 5.12. The zero-order valence-electron chi connectivity index (χ0n) is 12.1. The molecule has 0 fully saturated rings. The highest BCUT2D eigenvalue weighted by molar-refractivity contribution is 5.81. The third kappa shape index (κ3) is 3.04. The van der Waals surface area contributed by atoms with Crippen LogP contribution >= 0.6 is 0 Å². The monoisotopic (exact) mass is 288 g/mol. The molecule has 3 heteroatoms. The van der Waals surface area contributed by atoms with E-state index in [4.69, 9.17) is 5.73 Å². The molecule has 3 aromatic rings. The fraction of sp³-hybridized carbons (Fsp3) is 0.0526. The minimum Gasteiger partial charge on any atom is -0.369 e. The van der Waals surface area contributed by atoms with E-state index in [0.29, 0.717) is 0 Å². The van der Waals surface area contributed by atoms with Crippen molar-refractivity contribution in [2.75, 3.05) is 0 Å². The van der Waals surface area contributed by atoms with Gasteiger partial charge in [-0.3, -0.25) is 9.78 Å². The summed E-state index contributed by atoms with van der Waals surface area (Å²) in [6.07, 6.45) is 3.86. The number of rotatable bonds is 4. The van der Waals surface area contributed by atoms with E-state index in [2.05, 4.69) is 29.2 Å². The summed E-state index contributed by atoms with van der Waals surface area (Å²) in [5, 5.41) is 0. The van der Waals surface area contributed by atoms with Crippen molar-refractivity contribution in [3.8, 4) is 22.3 Å². The van der Waals surface area contributed by atoms with Gasteiger partial charge in [-0.25, -0.2) is 0 Å². The molecule has 0 saturated carbocycles. The fourth-order valence-corrected chi connectivity index (χ4v) is 2.52. The second kappa shape index (κ2) is 6.22. The van der Waals surface area contributed by atoms with Gasteiger partial charge < -0.3 is 5.73 Å². The van der Waals surface area contributed by atoms with Crippen LogP contribution in [0.1, 0.15) is 5.56 Å². The van der Waals surface area contributed by atoms with Crippen molar-refractivity contribution in [3.05, 3.63) is 78.6 Å². The molecule has 1 heterocycles.